The number of carbonyl (C=O) groups excluding carboxylic acids is 1. The molecule has 2 heterocycles. The van der Waals surface area contributed by atoms with Crippen molar-refractivity contribution in [3.8, 4) is 0 Å². The highest BCUT2D eigenvalue weighted by Gasteiger charge is 2.59. The Bertz CT molecular complexity index is 815. The van der Waals surface area contributed by atoms with Crippen LogP contribution in [0.5, 0.6) is 0 Å². The molecule has 3 nitrogen and oxygen atoms in total. The fraction of sp³-hybridized carbons (Fsp3) is 0.600. The fourth-order valence-corrected chi connectivity index (χ4v) is 7.38. The highest BCUT2D eigenvalue weighted by molar-refractivity contribution is 5.89. The molecular weight excluding hydrogens is 344 g/mol. The van der Waals surface area contributed by atoms with Gasteiger partial charge in [0.15, 0.2) is 0 Å². The Morgan fingerprint density at radius 2 is 2.00 bits per heavy atom. The van der Waals surface area contributed by atoms with Gasteiger partial charge in [-0.15, -0.1) is 0 Å². The molecule has 1 aliphatic heterocycles. The Morgan fingerprint density at radius 3 is 2.82 bits per heavy atom. The van der Waals surface area contributed by atoms with Crippen LogP contribution in [0.1, 0.15) is 58.1 Å². The van der Waals surface area contributed by atoms with Gasteiger partial charge in [0, 0.05) is 17.7 Å². The van der Waals surface area contributed by atoms with Crippen LogP contribution in [-0.4, -0.2) is 16.9 Å². The minimum Gasteiger partial charge on any atom is -0.349 e. The first-order valence-corrected chi connectivity index (χ1v) is 11.1. The van der Waals surface area contributed by atoms with Crippen molar-refractivity contribution in [2.24, 2.45) is 34.5 Å². The van der Waals surface area contributed by atoms with Gasteiger partial charge in [-0.05, 0) is 91.9 Å². The molecule has 3 saturated carbocycles. The summed E-state index contributed by atoms with van der Waals surface area (Å²) in [6, 6.07) is 6.46. The van der Waals surface area contributed by atoms with Crippen molar-refractivity contribution in [3.05, 3.63) is 48.3 Å². The Hall–Kier alpha value is -1.90. The molecule has 0 saturated heterocycles. The summed E-state index contributed by atoms with van der Waals surface area (Å²) in [6.45, 7) is 4.96. The van der Waals surface area contributed by atoms with E-state index in [-0.39, 0.29) is 11.3 Å². The molecule has 3 aliphatic carbocycles. The summed E-state index contributed by atoms with van der Waals surface area (Å²) in [7, 11) is 0. The average Bonchev–Trinajstić information content (AvgIpc) is 3.04. The minimum atomic E-state index is 0.0992. The third-order valence-electron chi connectivity index (χ3n) is 8.95. The highest BCUT2D eigenvalue weighted by Crippen LogP contribution is 2.65. The van der Waals surface area contributed by atoms with Gasteiger partial charge in [0.25, 0.3) is 0 Å². The second-order valence-electron chi connectivity index (χ2n) is 10.1. The first kappa shape index (κ1) is 18.1. The molecule has 3 fully saturated rings. The number of nitrogens with zero attached hydrogens (tertiary/aromatic N) is 1. The Kier molecular flexibility index (Phi) is 4.26. The molecule has 0 unspecified atom stereocenters. The topological polar surface area (TPSA) is 42.0 Å². The van der Waals surface area contributed by atoms with Crippen molar-refractivity contribution in [2.45, 2.75) is 58.4 Å². The Labute approximate surface area is 168 Å². The van der Waals surface area contributed by atoms with Gasteiger partial charge in [0.2, 0.25) is 5.91 Å². The van der Waals surface area contributed by atoms with E-state index in [0.29, 0.717) is 23.3 Å². The second-order valence-corrected chi connectivity index (χ2v) is 10.1. The van der Waals surface area contributed by atoms with Crippen LogP contribution in [0, 0.1) is 34.5 Å². The SMILES string of the molecule is C[C@]12C=CC(=O)N[C@@H]1CC[C@@H]1[C@@H]2CC[C@]2(C)[C@@H](/C=C/c3ccccn3)CC[C@@H]12. The van der Waals surface area contributed by atoms with Crippen molar-refractivity contribution >= 4 is 12.0 Å². The zero-order valence-corrected chi connectivity index (χ0v) is 17.1. The maximum absolute atomic E-state index is 11.9. The monoisotopic (exact) mass is 376 g/mol. The number of carbonyl (C=O) groups is 1. The lowest BCUT2D eigenvalue weighted by Gasteiger charge is -2.58. The predicted octanol–water partition coefficient (Wildman–Crippen LogP) is 5.01. The van der Waals surface area contributed by atoms with Crippen molar-refractivity contribution in [2.75, 3.05) is 0 Å². The summed E-state index contributed by atoms with van der Waals surface area (Å²) in [5, 5.41) is 3.26. The Morgan fingerprint density at radius 1 is 1.11 bits per heavy atom. The van der Waals surface area contributed by atoms with Crippen molar-refractivity contribution in [3.63, 3.8) is 0 Å². The number of amides is 1. The van der Waals surface area contributed by atoms with Gasteiger partial charge in [0.1, 0.15) is 0 Å². The molecule has 5 rings (SSSR count). The minimum absolute atomic E-state index is 0.0992. The van der Waals surface area contributed by atoms with Crippen LogP contribution in [0.4, 0.5) is 0 Å². The van der Waals surface area contributed by atoms with Gasteiger partial charge in [-0.1, -0.05) is 32.1 Å². The maximum Gasteiger partial charge on any atom is 0.243 e. The van der Waals surface area contributed by atoms with Crippen LogP contribution in [-0.2, 0) is 4.79 Å². The third kappa shape index (κ3) is 2.69. The summed E-state index contributed by atoms with van der Waals surface area (Å²) >= 11 is 0. The lowest BCUT2D eigenvalue weighted by Crippen LogP contribution is -2.59. The van der Waals surface area contributed by atoms with Crippen molar-refractivity contribution in [1.29, 1.82) is 0 Å². The fourth-order valence-electron chi connectivity index (χ4n) is 7.38. The number of aromatic nitrogens is 1. The molecule has 0 spiro atoms. The van der Waals surface area contributed by atoms with E-state index in [9.17, 15) is 4.79 Å². The lowest BCUT2D eigenvalue weighted by molar-refractivity contribution is -0.122. The number of nitrogens with one attached hydrogen (secondary N) is 1. The summed E-state index contributed by atoms with van der Waals surface area (Å²) < 4.78 is 0. The van der Waals surface area contributed by atoms with Gasteiger partial charge < -0.3 is 5.32 Å². The van der Waals surface area contributed by atoms with E-state index in [4.69, 9.17) is 0 Å². The van der Waals surface area contributed by atoms with Gasteiger partial charge in [-0.25, -0.2) is 0 Å². The van der Waals surface area contributed by atoms with Crippen LogP contribution >= 0.6 is 0 Å². The maximum atomic E-state index is 11.9. The van der Waals surface area contributed by atoms with E-state index in [1.165, 1.54) is 32.1 Å². The second kappa shape index (κ2) is 6.57. The molecule has 148 valence electrons. The predicted molar refractivity (Wildman–Crippen MR) is 112 cm³/mol. The zero-order valence-electron chi connectivity index (χ0n) is 17.1. The Balaban J connectivity index is 1.39. The number of allylic oxidation sites excluding steroid dienone is 1. The molecular formula is C25H32N2O. The highest BCUT2D eigenvalue weighted by atomic mass is 16.1. The van der Waals surface area contributed by atoms with Crippen molar-refractivity contribution < 1.29 is 4.79 Å². The summed E-state index contributed by atoms with van der Waals surface area (Å²) in [4.78, 5) is 16.3. The number of hydrogen-bond donors (Lipinski definition) is 1. The largest absolute Gasteiger partial charge is 0.349 e. The smallest absolute Gasteiger partial charge is 0.243 e. The van der Waals surface area contributed by atoms with Gasteiger partial charge >= 0.3 is 0 Å². The van der Waals surface area contributed by atoms with E-state index in [1.807, 2.05) is 12.3 Å². The molecule has 0 radical (unpaired) electrons. The number of fused-ring (bicyclic) bond motifs is 5. The zero-order chi connectivity index (χ0) is 19.4. The van der Waals surface area contributed by atoms with E-state index >= 15 is 0 Å². The summed E-state index contributed by atoms with van der Waals surface area (Å²) in [5.41, 5.74) is 1.62. The normalized spacial score (nSPS) is 44.6. The van der Waals surface area contributed by atoms with Crippen LogP contribution in [0.15, 0.2) is 42.6 Å². The average molecular weight is 377 g/mol. The molecule has 3 heteroatoms. The van der Waals surface area contributed by atoms with Crippen LogP contribution < -0.4 is 5.32 Å². The number of hydrogen-bond acceptors (Lipinski definition) is 2. The molecule has 1 N–H and O–H groups in total. The molecule has 1 aromatic rings. The summed E-state index contributed by atoms with van der Waals surface area (Å²) in [5.74, 6) is 3.08. The van der Waals surface area contributed by atoms with Crippen molar-refractivity contribution in [1.82, 2.24) is 10.3 Å². The quantitative estimate of drug-likeness (QED) is 0.788. The van der Waals surface area contributed by atoms with Crippen LogP contribution in [0.3, 0.4) is 0 Å². The molecule has 0 bridgehead atoms. The van der Waals surface area contributed by atoms with Gasteiger partial charge in [-0.3, -0.25) is 9.78 Å². The molecule has 4 aliphatic rings. The van der Waals surface area contributed by atoms with E-state index in [1.54, 1.807) is 6.08 Å². The van der Waals surface area contributed by atoms with Crippen LogP contribution in [0.2, 0.25) is 0 Å². The number of pyridine rings is 1. The standard InChI is InChI=1S/C25H32N2O/c1-24-14-12-21-19(9-11-22-25(21,2)15-13-23(28)27-22)20(24)10-7-17(24)6-8-18-5-3-4-16-26-18/h3-6,8,13,15-17,19-22H,7,9-12,14H2,1-2H3,(H,27,28)/b8-6+/t17-,19-,20-,21-,22+,24+,25+/m0/s1. The molecule has 0 aromatic carbocycles. The molecule has 1 aromatic heterocycles. The first-order chi connectivity index (χ1) is 13.5. The first-order valence-electron chi connectivity index (χ1n) is 11.1. The number of rotatable bonds is 2. The van der Waals surface area contributed by atoms with E-state index in [2.05, 4.69) is 54.5 Å². The lowest BCUT2D eigenvalue weighted by atomic mass is 9.48. The van der Waals surface area contributed by atoms with Gasteiger partial charge in [-0.2, -0.15) is 0 Å². The molecule has 7 atom stereocenters. The van der Waals surface area contributed by atoms with E-state index in [0.717, 1.165) is 24.0 Å². The van der Waals surface area contributed by atoms with Gasteiger partial charge in [0.05, 0.1) is 5.69 Å². The van der Waals surface area contributed by atoms with E-state index < -0.39 is 0 Å². The molecule has 1 amide bonds. The van der Waals surface area contributed by atoms with Crippen LogP contribution in [0.25, 0.3) is 6.08 Å². The summed E-state index contributed by atoms with van der Waals surface area (Å²) in [6.07, 6.45) is 18.3. The third-order valence-corrected chi connectivity index (χ3v) is 8.95. The molecule has 28 heavy (non-hydrogen) atoms.